The Bertz CT molecular complexity index is 596. The van der Waals surface area contributed by atoms with E-state index in [1.807, 2.05) is 19.2 Å². The van der Waals surface area contributed by atoms with Gasteiger partial charge in [0.05, 0.1) is 0 Å². The van der Waals surface area contributed by atoms with Crippen LogP contribution in [0.3, 0.4) is 0 Å². The highest BCUT2D eigenvalue weighted by molar-refractivity contribution is 5.85. The molecule has 0 amide bonds. The fraction of sp³-hybridized carbons (Fsp3) is 0.364. The maximum Gasteiger partial charge on any atom is 0.121 e. The Labute approximate surface area is 158 Å². The van der Waals surface area contributed by atoms with Crippen LogP contribution in [0.25, 0.3) is 0 Å². The molecule has 0 aliphatic carbocycles. The topological polar surface area (TPSA) is 21.3 Å². The fourth-order valence-electron chi connectivity index (χ4n) is 3.26. The first-order valence-corrected chi connectivity index (χ1v) is 8.61. The molecule has 1 N–H and O–H groups in total. The zero-order chi connectivity index (χ0) is 17.4. The first-order valence-electron chi connectivity index (χ1n) is 8.61. The molecular weight excluding hydrogens is 330 g/mol. The summed E-state index contributed by atoms with van der Waals surface area (Å²) in [6.07, 6.45) is 2.21. The predicted octanol–water partition coefficient (Wildman–Crippen LogP) is 5.19. The highest BCUT2D eigenvalue weighted by Gasteiger charge is 2.39. The summed E-state index contributed by atoms with van der Waals surface area (Å²) >= 11 is 0. The molecule has 2 nitrogen and oxygen atoms in total. The maximum atomic E-state index is 6.19. The molecular formula is C22H30ClNO. The summed E-state index contributed by atoms with van der Waals surface area (Å²) in [5.41, 5.74) is 3.25. The van der Waals surface area contributed by atoms with Gasteiger partial charge in [0, 0.05) is 26.1 Å². The lowest BCUT2D eigenvalue weighted by Gasteiger charge is -2.39. The van der Waals surface area contributed by atoms with E-state index in [2.05, 4.69) is 80.7 Å². The summed E-state index contributed by atoms with van der Waals surface area (Å²) in [5, 5.41) is 3.54. The Morgan fingerprint density at radius 1 is 1.00 bits per heavy atom. The van der Waals surface area contributed by atoms with Gasteiger partial charge in [-0.1, -0.05) is 79.2 Å². The Kier molecular flexibility index (Phi) is 8.91. The standard InChI is InChI=1S/C22H29NO.ClH/c1-18(2)15-16-23-17-19(3)22(24-4,20-11-7-5-8-12-20)21-13-9-6-10-14-21;/h5-15,19,23H,16-17H2,1-4H3;1H. The number of allylic oxidation sites excluding steroid dienone is 1. The minimum atomic E-state index is -0.458. The normalized spacial score (nSPS) is 12.2. The lowest BCUT2D eigenvalue weighted by molar-refractivity contribution is -0.0228. The predicted molar refractivity (Wildman–Crippen MR) is 109 cm³/mol. The molecule has 2 aromatic rings. The van der Waals surface area contributed by atoms with Crippen LogP contribution in [0.2, 0.25) is 0 Å². The van der Waals surface area contributed by atoms with Crippen molar-refractivity contribution in [1.29, 1.82) is 0 Å². The van der Waals surface area contributed by atoms with Gasteiger partial charge < -0.3 is 10.1 Å². The molecule has 2 rings (SSSR count). The summed E-state index contributed by atoms with van der Waals surface area (Å²) < 4.78 is 6.19. The molecule has 25 heavy (non-hydrogen) atoms. The molecule has 0 spiro atoms. The van der Waals surface area contributed by atoms with E-state index >= 15 is 0 Å². The second kappa shape index (κ2) is 10.4. The first-order chi connectivity index (χ1) is 11.6. The SMILES string of the molecule is COC(c1ccccc1)(c1ccccc1)C(C)CNCC=C(C)C.Cl. The van der Waals surface area contributed by atoms with E-state index in [9.17, 15) is 0 Å². The number of nitrogens with one attached hydrogen (secondary N) is 1. The lowest BCUT2D eigenvalue weighted by Crippen LogP contribution is -2.42. The van der Waals surface area contributed by atoms with Gasteiger partial charge in [-0.05, 0) is 25.0 Å². The van der Waals surface area contributed by atoms with Crippen molar-refractivity contribution in [1.82, 2.24) is 5.32 Å². The number of methoxy groups -OCH3 is 1. The first kappa shape index (κ1) is 21.4. The average molecular weight is 360 g/mol. The molecule has 2 aromatic carbocycles. The average Bonchev–Trinajstić information content (AvgIpc) is 2.61. The minimum Gasteiger partial charge on any atom is -0.368 e. The molecule has 3 heteroatoms. The minimum absolute atomic E-state index is 0. The van der Waals surface area contributed by atoms with Crippen molar-refractivity contribution in [2.45, 2.75) is 26.4 Å². The van der Waals surface area contributed by atoms with Gasteiger partial charge in [-0.2, -0.15) is 0 Å². The number of hydrogen-bond donors (Lipinski definition) is 1. The second-order valence-electron chi connectivity index (χ2n) is 6.51. The molecule has 0 heterocycles. The van der Waals surface area contributed by atoms with E-state index in [4.69, 9.17) is 4.74 Å². The van der Waals surface area contributed by atoms with Crippen LogP contribution in [0, 0.1) is 5.92 Å². The van der Waals surface area contributed by atoms with E-state index in [1.54, 1.807) is 0 Å². The van der Waals surface area contributed by atoms with Crippen molar-refractivity contribution < 1.29 is 4.74 Å². The van der Waals surface area contributed by atoms with Gasteiger partial charge in [0.2, 0.25) is 0 Å². The maximum absolute atomic E-state index is 6.19. The number of halogens is 1. The Morgan fingerprint density at radius 3 is 1.88 bits per heavy atom. The molecule has 0 radical (unpaired) electrons. The van der Waals surface area contributed by atoms with E-state index in [0.717, 1.165) is 13.1 Å². The third-order valence-corrected chi connectivity index (χ3v) is 4.53. The molecule has 0 aliphatic rings. The van der Waals surface area contributed by atoms with Gasteiger partial charge in [0.15, 0.2) is 0 Å². The second-order valence-corrected chi connectivity index (χ2v) is 6.51. The Balaban J connectivity index is 0.00000312. The molecule has 0 saturated carbocycles. The largest absolute Gasteiger partial charge is 0.368 e. The van der Waals surface area contributed by atoms with E-state index < -0.39 is 5.60 Å². The number of ether oxygens (including phenoxy) is 1. The van der Waals surface area contributed by atoms with Gasteiger partial charge in [-0.15, -0.1) is 12.4 Å². The highest BCUT2D eigenvalue weighted by Crippen LogP contribution is 2.39. The van der Waals surface area contributed by atoms with Crippen molar-refractivity contribution in [3.05, 3.63) is 83.4 Å². The summed E-state index contributed by atoms with van der Waals surface area (Å²) in [7, 11) is 1.81. The van der Waals surface area contributed by atoms with Crippen LogP contribution in [0.5, 0.6) is 0 Å². The fourth-order valence-corrected chi connectivity index (χ4v) is 3.26. The van der Waals surface area contributed by atoms with E-state index in [1.165, 1.54) is 16.7 Å². The number of benzene rings is 2. The Hall–Kier alpha value is -1.61. The van der Waals surface area contributed by atoms with Crippen molar-refractivity contribution in [3.8, 4) is 0 Å². The van der Waals surface area contributed by atoms with Crippen molar-refractivity contribution in [2.75, 3.05) is 20.2 Å². The molecule has 0 aromatic heterocycles. The quantitative estimate of drug-likeness (QED) is 0.517. The molecule has 1 atom stereocenters. The molecule has 0 fully saturated rings. The summed E-state index contributed by atoms with van der Waals surface area (Å²) in [5.74, 6) is 0.276. The van der Waals surface area contributed by atoms with Gasteiger partial charge in [0.1, 0.15) is 5.60 Å². The summed E-state index contributed by atoms with van der Waals surface area (Å²) in [6, 6.07) is 21.0. The zero-order valence-electron chi connectivity index (χ0n) is 15.7. The van der Waals surface area contributed by atoms with Crippen LogP contribution >= 0.6 is 12.4 Å². The Morgan fingerprint density at radius 2 is 1.48 bits per heavy atom. The van der Waals surface area contributed by atoms with Crippen LogP contribution in [-0.4, -0.2) is 20.2 Å². The lowest BCUT2D eigenvalue weighted by atomic mass is 9.76. The van der Waals surface area contributed by atoms with Crippen LogP contribution in [0.1, 0.15) is 31.9 Å². The smallest absolute Gasteiger partial charge is 0.121 e. The number of hydrogen-bond acceptors (Lipinski definition) is 2. The number of rotatable bonds is 8. The monoisotopic (exact) mass is 359 g/mol. The van der Waals surface area contributed by atoms with Crippen molar-refractivity contribution in [3.63, 3.8) is 0 Å². The third-order valence-electron chi connectivity index (χ3n) is 4.53. The van der Waals surface area contributed by atoms with Gasteiger partial charge in [-0.25, -0.2) is 0 Å². The van der Waals surface area contributed by atoms with Crippen LogP contribution in [-0.2, 0) is 10.3 Å². The van der Waals surface area contributed by atoms with Crippen molar-refractivity contribution >= 4 is 12.4 Å². The molecule has 1 unspecified atom stereocenters. The van der Waals surface area contributed by atoms with Crippen LogP contribution < -0.4 is 5.32 Å². The van der Waals surface area contributed by atoms with Gasteiger partial charge >= 0.3 is 0 Å². The molecule has 136 valence electrons. The molecule has 0 saturated heterocycles. The van der Waals surface area contributed by atoms with Crippen molar-refractivity contribution in [2.24, 2.45) is 5.92 Å². The molecule has 0 bridgehead atoms. The molecule has 0 aliphatic heterocycles. The van der Waals surface area contributed by atoms with E-state index in [-0.39, 0.29) is 18.3 Å². The van der Waals surface area contributed by atoms with Gasteiger partial charge in [0.25, 0.3) is 0 Å². The summed E-state index contributed by atoms with van der Waals surface area (Å²) in [4.78, 5) is 0. The van der Waals surface area contributed by atoms with Crippen LogP contribution in [0.4, 0.5) is 0 Å². The van der Waals surface area contributed by atoms with E-state index in [0.29, 0.717) is 0 Å². The van der Waals surface area contributed by atoms with Crippen LogP contribution in [0.15, 0.2) is 72.3 Å². The summed E-state index contributed by atoms with van der Waals surface area (Å²) in [6.45, 7) is 8.26. The van der Waals surface area contributed by atoms with Gasteiger partial charge in [-0.3, -0.25) is 0 Å². The third kappa shape index (κ3) is 5.18. The highest BCUT2D eigenvalue weighted by atomic mass is 35.5. The zero-order valence-corrected chi connectivity index (χ0v) is 16.5.